The molecule has 0 unspecified atom stereocenters. The van der Waals surface area contributed by atoms with Gasteiger partial charge in [-0.1, -0.05) is 23.2 Å². The molecule has 2 aromatic heterocycles. The number of rotatable bonds is 5. The zero-order valence-electron chi connectivity index (χ0n) is 13.9. The van der Waals surface area contributed by atoms with Crippen LogP contribution in [-0.4, -0.2) is 34.9 Å². The summed E-state index contributed by atoms with van der Waals surface area (Å²) < 4.78 is 20.3. The molecule has 0 aliphatic carbocycles. The van der Waals surface area contributed by atoms with Crippen LogP contribution in [0.4, 0.5) is 15.8 Å². The van der Waals surface area contributed by atoms with E-state index in [0.29, 0.717) is 10.7 Å². The molecule has 0 fully saturated rings. The average molecular weight is 411 g/mol. The zero-order chi connectivity index (χ0) is 19.6. The second kappa shape index (κ2) is 7.91. The van der Waals surface area contributed by atoms with E-state index in [2.05, 4.69) is 15.6 Å². The van der Waals surface area contributed by atoms with Crippen molar-refractivity contribution in [2.24, 2.45) is 0 Å². The molecule has 0 saturated carbocycles. The van der Waals surface area contributed by atoms with Crippen LogP contribution in [0.15, 0.2) is 36.5 Å². The van der Waals surface area contributed by atoms with Gasteiger partial charge in [-0.25, -0.2) is 4.98 Å². The molecule has 0 aliphatic heterocycles. The highest BCUT2D eigenvalue weighted by molar-refractivity contribution is 6.34. The molecule has 0 radical (unpaired) electrons. The van der Waals surface area contributed by atoms with E-state index in [9.17, 15) is 14.0 Å². The molecule has 7 nitrogen and oxygen atoms in total. The summed E-state index contributed by atoms with van der Waals surface area (Å²) in [5.74, 6) is -2.03. The van der Waals surface area contributed by atoms with E-state index in [1.807, 2.05) is 0 Å². The third-order valence-corrected chi connectivity index (χ3v) is 4.07. The lowest BCUT2D eigenvalue weighted by molar-refractivity contribution is -0.119. The number of hydrogen-bond acceptors (Lipinski definition) is 4. The number of aromatic nitrogens is 2. The van der Waals surface area contributed by atoms with Crippen molar-refractivity contribution in [2.75, 3.05) is 24.4 Å². The van der Waals surface area contributed by atoms with Crippen LogP contribution in [0.1, 0.15) is 10.5 Å². The fourth-order valence-electron chi connectivity index (χ4n) is 2.34. The molecule has 0 spiro atoms. The van der Waals surface area contributed by atoms with Crippen LogP contribution in [0, 0.1) is 5.95 Å². The van der Waals surface area contributed by atoms with Gasteiger partial charge in [0.2, 0.25) is 11.9 Å². The highest BCUT2D eigenvalue weighted by Crippen LogP contribution is 2.26. The smallest absolute Gasteiger partial charge is 0.279 e. The van der Waals surface area contributed by atoms with Gasteiger partial charge in [-0.2, -0.15) is 4.39 Å². The van der Waals surface area contributed by atoms with Gasteiger partial charge in [0, 0.05) is 19.0 Å². The van der Waals surface area contributed by atoms with Crippen LogP contribution in [0.5, 0.6) is 0 Å². The number of pyridine rings is 1. The van der Waals surface area contributed by atoms with E-state index in [0.717, 1.165) is 4.40 Å². The summed E-state index contributed by atoms with van der Waals surface area (Å²) in [6, 6.07) is 7.51. The van der Waals surface area contributed by atoms with Crippen molar-refractivity contribution >= 4 is 52.0 Å². The number of nitrogens with zero attached hydrogens (tertiary/aromatic N) is 2. The molecule has 3 rings (SSSR count). The van der Waals surface area contributed by atoms with Gasteiger partial charge >= 0.3 is 0 Å². The number of amides is 2. The third-order valence-electron chi connectivity index (χ3n) is 3.51. The first-order valence-corrected chi connectivity index (χ1v) is 8.37. The summed E-state index contributed by atoms with van der Waals surface area (Å²) in [6.07, 6.45) is 1.31. The Morgan fingerprint density at radius 2 is 2.00 bits per heavy atom. The molecule has 0 aliphatic rings. The van der Waals surface area contributed by atoms with E-state index < -0.39 is 17.5 Å². The van der Waals surface area contributed by atoms with E-state index in [1.165, 1.54) is 37.6 Å². The Bertz CT molecular complexity index is 1040. The average Bonchev–Trinajstić information content (AvgIpc) is 2.94. The second-order valence-electron chi connectivity index (χ2n) is 5.46. The fraction of sp³-hybridized carbons (Fsp3) is 0.118. The predicted octanol–water partition coefficient (Wildman–Crippen LogP) is 3.62. The largest absolute Gasteiger partial charge is 0.375 e. The normalized spacial score (nSPS) is 10.8. The molecule has 140 valence electrons. The number of hydrogen-bond donors (Lipinski definition) is 2. The number of benzene rings is 1. The van der Waals surface area contributed by atoms with Crippen molar-refractivity contribution < 1.29 is 18.7 Å². The van der Waals surface area contributed by atoms with Crippen molar-refractivity contribution in [3.63, 3.8) is 0 Å². The number of nitrogens with one attached hydrogen (secondary N) is 2. The first-order chi connectivity index (χ1) is 12.9. The quantitative estimate of drug-likeness (QED) is 0.672. The molecular formula is C17H13Cl2FN4O3. The Labute approximate surface area is 163 Å². The number of halogens is 3. The maximum absolute atomic E-state index is 14.5. The number of imidazole rings is 1. The number of carbonyl (C=O) groups excluding carboxylic acids is 2. The number of carbonyl (C=O) groups is 2. The van der Waals surface area contributed by atoms with Crippen molar-refractivity contribution in [3.05, 3.63) is 58.2 Å². The molecule has 2 amide bonds. The number of ether oxygens (including phenoxy) is 1. The minimum absolute atomic E-state index is 0.126. The summed E-state index contributed by atoms with van der Waals surface area (Å²) in [5, 5.41) is 5.57. The molecule has 3 aromatic rings. The summed E-state index contributed by atoms with van der Waals surface area (Å²) in [5.41, 5.74) is 0.390. The summed E-state index contributed by atoms with van der Waals surface area (Å²) in [4.78, 5) is 28.0. The monoisotopic (exact) mass is 410 g/mol. The van der Waals surface area contributed by atoms with Crippen molar-refractivity contribution in [1.82, 2.24) is 9.38 Å². The Balaban J connectivity index is 1.85. The Morgan fingerprint density at radius 1 is 1.22 bits per heavy atom. The van der Waals surface area contributed by atoms with Crippen molar-refractivity contribution in [1.29, 1.82) is 0 Å². The van der Waals surface area contributed by atoms with Gasteiger partial charge in [-0.15, -0.1) is 0 Å². The van der Waals surface area contributed by atoms with E-state index in [-0.39, 0.29) is 28.9 Å². The van der Waals surface area contributed by atoms with Crippen molar-refractivity contribution in [3.8, 4) is 0 Å². The highest BCUT2D eigenvalue weighted by atomic mass is 35.5. The summed E-state index contributed by atoms with van der Waals surface area (Å²) in [7, 11) is 1.39. The Morgan fingerprint density at radius 3 is 2.74 bits per heavy atom. The lowest BCUT2D eigenvalue weighted by atomic mass is 10.2. The first kappa shape index (κ1) is 19.1. The standard InChI is InChI=1S/C17H13Cl2FN4O3/c1-27-8-14(25)21-10-3-4-11(19)12(6-10)22-17(26)15-16(20)24-7-9(18)2-5-13(24)23-15/h2-7H,8H2,1H3,(H,21,25)(H,22,26). The predicted molar refractivity (Wildman–Crippen MR) is 100 cm³/mol. The molecule has 27 heavy (non-hydrogen) atoms. The maximum Gasteiger partial charge on any atom is 0.279 e. The van der Waals surface area contributed by atoms with Gasteiger partial charge in [0.05, 0.1) is 15.7 Å². The maximum atomic E-state index is 14.5. The molecule has 0 bridgehead atoms. The van der Waals surface area contributed by atoms with Gasteiger partial charge in [-0.3, -0.25) is 14.0 Å². The SMILES string of the molecule is COCC(=O)Nc1ccc(Cl)c(NC(=O)c2nc3ccc(Cl)cn3c2F)c1. The van der Waals surface area contributed by atoms with Crippen LogP contribution in [0.3, 0.4) is 0 Å². The molecule has 1 aromatic carbocycles. The van der Waals surface area contributed by atoms with Gasteiger partial charge in [-0.05, 0) is 30.3 Å². The van der Waals surface area contributed by atoms with Gasteiger partial charge in [0.15, 0.2) is 5.69 Å². The second-order valence-corrected chi connectivity index (χ2v) is 6.30. The molecule has 10 heteroatoms. The topological polar surface area (TPSA) is 84.7 Å². The van der Waals surface area contributed by atoms with E-state index in [1.54, 1.807) is 6.07 Å². The van der Waals surface area contributed by atoms with E-state index >= 15 is 0 Å². The van der Waals surface area contributed by atoms with Crippen LogP contribution < -0.4 is 10.6 Å². The minimum Gasteiger partial charge on any atom is -0.375 e. The van der Waals surface area contributed by atoms with Gasteiger partial charge in [0.1, 0.15) is 12.3 Å². The number of anilines is 2. The van der Waals surface area contributed by atoms with Gasteiger partial charge < -0.3 is 15.4 Å². The van der Waals surface area contributed by atoms with Crippen molar-refractivity contribution in [2.45, 2.75) is 0 Å². The highest BCUT2D eigenvalue weighted by Gasteiger charge is 2.20. The molecule has 0 saturated heterocycles. The minimum atomic E-state index is -0.856. The lowest BCUT2D eigenvalue weighted by Gasteiger charge is -2.10. The zero-order valence-corrected chi connectivity index (χ0v) is 15.4. The molecular weight excluding hydrogens is 398 g/mol. The summed E-state index contributed by atoms with van der Waals surface area (Å²) in [6.45, 7) is -0.126. The van der Waals surface area contributed by atoms with Gasteiger partial charge in [0.25, 0.3) is 5.91 Å². The number of fused-ring (bicyclic) bond motifs is 1. The molecule has 2 heterocycles. The third kappa shape index (κ3) is 4.19. The van der Waals surface area contributed by atoms with E-state index in [4.69, 9.17) is 27.9 Å². The summed E-state index contributed by atoms with van der Waals surface area (Å²) >= 11 is 11.9. The Hall–Kier alpha value is -2.68. The molecule has 2 N–H and O–H groups in total. The van der Waals surface area contributed by atoms with Crippen LogP contribution in [-0.2, 0) is 9.53 Å². The first-order valence-electron chi connectivity index (χ1n) is 7.62. The number of methoxy groups -OCH3 is 1. The fourth-order valence-corrected chi connectivity index (χ4v) is 2.67. The lowest BCUT2D eigenvalue weighted by Crippen LogP contribution is -2.18. The molecule has 0 atom stereocenters. The van der Waals surface area contributed by atoms with Crippen LogP contribution in [0.2, 0.25) is 10.0 Å². The van der Waals surface area contributed by atoms with Crippen LogP contribution in [0.25, 0.3) is 5.65 Å². The Kier molecular flexibility index (Phi) is 5.59. The van der Waals surface area contributed by atoms with Crippen LogP contribution >= 0.6 is 23.2 Å².